The number of aromatic carboxylic acids is 1. The van der Waals surface area contributed by atoms with Gasteiger partial charge in [0.15, 0.2) is 0 Å². The summed E-state index contributed by atoms with van der Waals surface area (Å²) in [5, 5.41) is 11.1. The third kappa shape index (κ3) is 3.00. The molecule has 2 heterocycles. The number of carboxylic acid groups (broad SMARTS) is 1. The van der Waals surface area contributed by atoms with Gasteiger partial charge in [-0.05, 0) is 18.6 Å². The van der Waals surface area contributed by atoms with Crippen LogP contribution in [-0.2, 0) is 16.1 Å². The smallest absolute Gasteiger partial charge is 0.337 e. The second-order valence-corrected chi connectivity index (χ2v) is 4.58. The van der Waals surface area contributed by atoms with E-state index in [1.807, 2.05) is 6.92 Å². The van der Waals surface area contributed by atoms with Crippen molar-refractivity contribution >= 4 is 17.8 Å². The molecule has 0 radical (unpaired) electrons. The lowest BCUT2D eigenvalue weighted by atomic mass is 10.1. The SMILES string of the molecule is CCC1C(=O)NC(=O)CN1Cc1ccc(C(=O)O)cn1. The zero-order valence-electron chi connectivity index (χ0n) is 11.0. The van der Waals surface area contributed by atoms with E-state index in [0.717, 1.165) is 0 Å². The van der Waals surface area contributed by atoms with Crippen molar-refractivity contribution in [1.29, 1.82) is 0 Å². The van der Waals surface area contributed by atoms with Gasteiger partial charge in [0.05, 0.1) is 23.8 Å². The number of hydrogen-bond acceptors (Lipinski definition) is 5. The Kier molecular flexibility index (Phi) is 4.09. The predicted molar refractivity (Wildman–Crippen MR) is 68.8 cm³/mol. The topological polar surface area (TPSA) is 99.6 Å². The molecule has 2 amide bonds. The minimum Gasteiger partial charge on any atom is -0.478 e. The number of carboxylic acids is 1. The molecular formula is C13H15N3O4. The van der Waals surface area contributed by atoms with E-state index in [1.54, 1.807) is 11.0 Å². The second-order valence-electron chi connectivity index (χ2n) is 4.58. The third-order valence-corrected chi connectivity index (χ3v) is 3.18. The number of nitrogens with one attached hydrogen (secondary N) is 1. The Morgan fingerprint density at radius 1 is 1.50 bits per heavy atom. The Bertz CT molecular complexity index is 541. The van der Waals surface area contributed by atoms with Crippen molar-refractivity contribution in [1.82, 2.24) is 15.2 Å². The van der Waals surface area contributed by atoms with Gasteiger partial charge in [0.25, 0.3) is 0 Å². The van der Waals surface area contributed by atoms with Crippen molar-refractivity contribution < 1.29 is 19.5 Å². The minimum absolute atomic E-state index is 0.105. The standard InChI is InChI=1S/C13H15N3O4/c1-2-10-12(18)15-11(17)7-16(10)6-9-4-3-8(5-14-9)13(19)20/h3-5,10H,2,6-7H2,1H3,(H,19,20)(H,15,17,18). The normalized spacial score (nSPS) is 19.8. The first-order valence-electron chi connectivity index (χ1n) is 6.27. The average Bonchev–Trinajstić information content (AvgIpc) is 2.39. The fraction of sp³-hybridized carbons (Fsp3) is 0.385. The van der Waals surface area contributed by atoms with Crippen molar-refractivity contribution in [3.05, 3.63) is 29.6 Å². The molecule has 0 aromatic carbocycles. The Morgan fingerprint density at radius 2 is 2.25 bits per heavy atom. The summed E-state index contributed by atoms with van der Waals surface area (Å²) in [4.78, 5) is 39.6. The molecule has 20 heavy (non-hydrogen) atoms. The summed E-state index contributed by atoms with van der Waals surface area (Å²) in [6, 6.07) is 2.68. The molecule has 2 N–H and O–H groups in total. The van der Waals surface area contributed by atoms with E-state index in [-0.39, 0.29) is 30.0 Å². The largest absolute Gasteiger partial charge is 0.478 e. The van der Waals surface area contributed by atoms with Crippen LogP contribution in [0, 0.1) is 0 Å². The Hall–Kier alpha value is -2.28. The Balaban J connectivity index is 2.12. The van der Waals surface area contributed by atoms with Crippen LogP contribution < -0.4 is 5.32 Å². The first-order chi connectivity index (χ1) is 9.51. The number of carbonyl (C=O) groups is 3. The van der Waals surface area contributed by atoms with E-state index in [2.05, 4.69) is 10.3 Å². The maximum absolute atomic E-state index is 11.7. The van der Waals surface area contributed by atoms with Gasteiger partial charge in [0.1, 0.15) is 0 Å². The van der Waals surface area contributed by atoms with Gasteiger partial charge < -0.3 is 5.11 Å². The lowest BCUT2D eigenvalue weighted by Gasteiger charge is -2.32. The molecule has 7 nitrogen and oxygen atoms in total. The molecule has 1 unspecified atom stereocenters. The molecule has 1 aliphatic rings. The number of rotatable bonds is 4. The molecule has 1 saturated heterocycles. The maximum Gasteiger partial charge on any atom is 0.337 e. The van der Waals surface area contributed by atoms with Crippen molar-refractivity contribution in [2.24, 2.45) is 0 Å². The van der Waals surface area contributed by atoms with E-state index >= 15 is 0 Å². The first kappa shape index (κ1) is 14.1. The highest BCUT2D eigenvalue weighted by Crippen LogP contribution is 2.13. The van der Waals surface area contributed by atoms with E-state index in [1.165, 1.54) is 12.3 Å². The van der Waals surface area contributed by atoms with Gasteiger partial charge >= 0.3 is 5.97 Å². The predicted octanol–water partition coefficient (Wildman–Crippen LogP) is 0.0168. The molecule has 0 aliphatic carbocycles. The van der Waals surface area contributed by atoms with E-state index < -0.39 is 5.97 Å². The van der Waals surface area contributed by atoms with Gasteiger partial charge in [-0.25, -0.2) is 4.79 Å². The van der Waals surface area contributed by atoms with Crippen molar-refractivity contribution in [2.75, 3.05) is 6.54 Å². The number of piperazine rings is 1. The molecule has 1 aromatic heterocycles. The number of carbonyl (C=O) groups excluding carboxylic acids is 2. The second kappa shape index (κ2) is 5.79. The highest BCUT2D eigenvalue weighted by Gasteiger charge is 2.32. The van der Waals surface area contributed by atoms with Crippen molar-refractivity contribution in [3.63, 3.8) is 0 Å². The average molecular weight is 277 g/mol. The highest BCUT2D eigenvalue weighted by molar-refractivity contribution is 6.01. The van der Waals surface area contributed by atoms with Crippen LogP contribution in [-0.4, -0.2) is 45.4 Å². The van der Waals surface area contributed by atoms with Gasteiger partial charge in [-0.15, -0.1) is 0 Å². The van der Waals surface area contributed by atoms with Crippen LogP contribution in [0.4, 0.5) is 0 Å². The Labute approximate surface area is 115 Å². The van der Waals surface area contributed by atoms with Crippen molar-refractivity contribution in [3.8, 4) is 0 Å². The first-order valence-corrected chi connectivity index (χ1v) is 6.27. The van der Waals surface area contributed by atoms with Gasteiger partial charge in [-0.2, -0.15) is 0 Å². The number of nitrogens with zero attached hydrogens (tertiary/aromatic N) is 2. The monoisotopic (exact) mass is 277 g/mol. The fourth-order valence-electron chi connectivity index (χ4n) is 2.18. The van der Waals surface area contributed by atoms with Gasteiger partial charge in [0, 0.05) is 12.7 Å². The summed E-state index contributed by atoms with van der Waals surface area (Å²) >= 11 is 0. The van der Waals surface area contributed by atoms with Gasteiger partial charge in [0.2, 0.25) is 11.8 Å². The summed E-state index contributed by atoms with van der Waals surface area (Å²) in [7, 11) is 0. The van der Waals surface area contributed by atoms with Crippen LogP contribution in [0.25, 0.3) is 0 Å². The molecule has 0 spiro atoms. The summed E-state index contributed by atoms with van der Waals surface area (Å²) in [5.41, 5.74) is 0.726. The molecule has 7 heteroatoms. The maximum atomic E-state index is 11.7. The van der Waals surface area contributed by atoms with Crippen LogP contribution in [0.1, 0.15) is 29.4 Å². The molecule has 2 rings (SSSR count). The van der Waals surface area contributed by atoms with Crippen LogP contribution in [0.2, 0.25) is 0 Å². The molecule has 1 atom stereocenters. The molecule has 0 saturated carbocycles. The lowest BCUT2D eigenvalue weighted by Crippen LogP contribution is -2.57. The summed E-state index contributed by atoms with van der Waals surface area (Å²) in [6.45, 7) is 2.33. The Morgan fingerprint density at radius 3 is 2.80 bits per heavy atom. The minimum atomic E-state index is -1.04. The number of pyridine rings is 1. The lowest BCUT2D eigenvalue weighted by molar-refractivity contribution is -0.140. The number of amides is 2. The van der Waals surface area contributed by atoms with E-state index in [4.69, 9.17) is 5.11 Å². The number of imide groups is 1. The van der Waals surface area contributed by atoms with E-state index in [0.29, 0.717) is 18.7 Å². The van der Waals surface area contributed by atoms with Crippen LogP contribution in [0.15, 0.2) is 18.3 Å². The summed E-state index contributed by atoms with van der Waals surface area (Å²) in [6.07, 6.45) is 1.86. The molecule has 1 aromatic rings. The number of aromatic nitrogens is 1. The van der Waals surface area contributed by atoms with Gasteiger partial charge in [-0.3, -0.25) is 24.8 Å². The molecule has 0 bridgehead atoms. The fourth-order valence-corrected chi connectivity index (χ4v) is 2.18. The summed E-state index contributed by atoms with van der Waals surface area (Å²) in [5.74, 6) is -1.67. The highest BCUT2D eigenvalue weighted by atomic mass is 16.4. The van der Waals surface area contributed by atoms with Crippen LogP contribution in [0.3, 0.4) is 0 Å². The zero-order chi connectivity index (χ0) is 14.7. The van der Waals surface area contributed by atoms with Crippen LogP contribution in [0.5, 0.6) is 0 Å². The number of hydrogen-bond donors (Lipinski definition) is 2. The molecule has 1 aliphatic heterocycles. The molecule has 1 fully saturated rings. The summed E-state index contributed by atoms with van der Waals surface area (Å²) < 4.78 is 0. The van der Waals surface area contributed by atoms with Gasteiger partial charge in [-0.1, -0.05) is 6.92 Å². The quantitative estimate of drug-likeness (QED) is 0.752. The van der Waals surface area contributed by atoms with Crippen LogP contribution >= 0.6 is 0 Å². The third-order valence-electron chi connectivity index (χ3n) is 3.18. The molecule has 106 valence electrons. The van der Waals surface area contributed by atoms with Crippen molar-refractivity contribution in [2.45, 2.75) is 25.9 Å². The van der Waals surface area contributed by atoms with E-state index in [9.17, 15) is 14.4 Å². The zero-order valence-corrected chi connectivity index (χ0v) is 11.0. The molecular weight excluding hydrogens is 262 g/mol.